The molecule has 17 heavy (non-hydrogen) atoms. The minimum Gasteiger partial charge on any atom is -0.391 e. The molecule has 0 amide bonds. The van der Waals surface area contributed by atoms with Gasteiger partial charge >= 0.3 is 6.18 Å². The number of halogens is 3. The van der Waals surface area contributed by atoms with Gasteiger partial charge in [-0.15, -0.1) is 0 Å². The average molecular weight is 247 g/mol. The molecule has 0 fully saturated rings. The van der Waals surface area contributed by atoms with Gasteiger partial charge in [0.25, 0.3) is 0 Å². The zero-order chi connectivity index (χ0) is 13.1. The van der Waals surface area contributed by atoms with Gasteiger partial charge in [0.2, 0.25) is 0 Å². The third-order valence-corrected chi connectivity index (χ3v) is 2.76. The molecule has 5 heteroatoms. The number of rotatable bonds is 4. The molecule has 1 rings (SSSR count). The van der Waals surface area contributed by atoms with Crippen LogP contribution < -0.4 is 5.73 Å². The summed E-state index contributed by atoms with van der Waals surface area (Å²) in [4.78, 5) is 0. The van der Waals surface area contributed by atoms with E-state index >= 15 is 0 Å². The fourth-order valence-electron chi connectivity index (χ4n) is 1.78. The molecule has 0 bridgehead atoms. The molecule has 3 atom stereocenters. The fraction of sp³-hybridized carbons (Fsp3) is 0.500. The van der Waals surface area contributed by atoms with Crippen LogP contribution in [0.2, 0.25) is 0 Å². The van der Waals surface area contributed by atoms with Gasteiger partial charge in [-0.3, -0.25) is 0 Å². The van der Waals surface area contributed by atoms with Crippen LogP contribution in [0.5, 0.6) is 0 Å². The van der Waals surface area contributed by atoms with Gasteiger partial charge in [0, 0.05) is 6.04 Å². The van der Waals surface area contributed by atoms with Gasteiger partial charge in [-0.2, -0.15) is 13.2 Å². The molecule has 0 saturated carbocycles. The predicted octanol–water partition coefficient (Wildman–Crippen LogP) is 2.43. The summed E-state index contributed by atoms with van der Waals surface area (Å²) in [6.45, 7) is 1.60. The first kappa shape index (κ1) is 14.0. The Kier molecular flexibility index (Phi) is 4.54. The van der Waals surface area contributed by atoms with E-state index in [1.165, 1.54) is 24.3 Å². The summed E-state index contributed by atoms with van der Waals surface area (Å²) in [5.41, 5.74) is 5.60. The lowest BCUT2D eigenvalue weighted by Gasteiger charge is -2.29. The summed E-state index contributed by atoms with van der Waals surface area (Å²) in [5.74, 6) is -1.83. The van der Waals surface area contributed by atoms with Crippen molar-refractivity contribution in [1.29, 1.82) is 0 Å². The lowest BCUT2D eigenvalue weighted by atomic mass is 9.87. The summed E-state index contributed by atoms with van der Waals surface area (Å²) in [7, 11) is 0. The number of alkyl halides is 3. The number of benzene rings is 1. The second-order valence-electron chi connectivity index (χ2n) is 3.98. The highest BCUT2D eigenvalue weighted by molar-refractivity contribution is 5.23. The van der Waals surface area contributed by atoms with Crippen molar-refractivity contribution in [2.24, 2.45) is 5.73 Å². The third-order valence-electron chi connectivity index (χ3n) is 2.76. The standard InChI is InChI=1S/C12H16F3NO/c1-2-9(17)11(16)10(12(13,14)15)8-6-4-3-5-7-8/h3-7,9-11,17H,2,16H2,1H3. The lowest BCUT2D eigenvalue weighted by molar-refractivity contribution is -0.161. The van der Waals surface area contributed by atoms with E-state index in [-0.39, 0.29) is 12.0 Å². The highest BCUT2D eigenvalue weighted by atomic mass is 19.4. The van der Waals surface area contributed by atoms with Crippen LogP contribution in [0, 0.1) is 0 Å². The summed E-state index contributed by atoms with van der Waals surface area (Å²) in [6.07, 6.45) is -5.43. The average Bonchev–Trinajstić information content (AvgIpc) is 2.27. The van der Waals surface area contributed by atoms with Gasteiger partial charge in [0.1, 0.15) is 0 Å². The minimum absolute atomic E-state index is 0.0833. The van der Waals surface area contributed by atoms with Crippen LogP contribution in [-0.2, 0) is 0 Å². The van der Waals surface area contributed by atoms with E-state index in [0.717, 1.165) is 0 Å². The third kappa shape index (κ3) is 3.44. The molecule has 2 nitrogen and oxygen atoms in total. The molecule has 1 aromatic carbocycles. The maximum Gasteiger partial charge on any atom is 0.397 e. The van der Waals surface area contributed by atoms with E-state index in [2.05, 4.69) is 0 Å². The predicted molar refractivity (Wildman–Crippen MR) is 59.5 cm³/mol. The Morgan fingerprint density at radius 2 is 1.76 bits per heavy atom. The normalized spacial score (nSPS) is 17.5. The molecule has 0 aromatic heterocycles. The summed E-state index contributed by atoms with van der Waals surface area (Å²) in [5, 5.41) is 9.50. The molecule has 0 radical (unpaired) electrons. The first-order chi connectivity index (χ1) is 7.88. The smallest absolute Gasteiger partial charge is 0.391 e. The Morgan fingerprint density at radius 1 is 1.24 bits per heavy atom. The van der Waals surface area contributed by atoms with Gasteiger partial charge in [0.15, 0.2) is 0 Å². The first-order valence-electron chi connectivity index (χ1n) is 5.43. The first-order valence-corrected chi connectivity index (χ1v) is 5.43. The number of hydrogen-bond donors (Lipinski definition) is 2. The summed E-state index contributed by atoms with van der Waals surface area (Å²) >= 11 is 0. The van der Waals surface area contributed by atoms with Crippen molar-refractivity contribution in [1.82, 2.24) is 0 Å². The van der Waals surface area contributed by atoms with Crippen molar-refractivity contribution in [3.8, 4) is 0 Å². The number of nitrogens with two attached hydrogens (primary N) is 1. The SMILES string of the molecule is CCC(O)C(N)C(c1ccccc1)C(F)(F)F. The second kappa shape index (κ2) is 5.51. The number of aliphatic hydroxyl groups excluding tert-OH is 1. The molecule has 0 saturated heterocycles. The van der Waals surface area contributed by atoms with Gasteiger partial charge in [0.05, 0.1) is 12.0 Å². The molecule has 0 aliphatic heterocycles. The zero-order valence-corrected chi connectivity index (χ0v) is 9.48. The monoisotopic (exact) mass is 247 g/mol. The van der Waals surface area contributed by atoms with Gasteiger partial charge in [-0.25, -0.2) is 0 Å². The Hall–Kier alpha value is -1.07. The van der Waals surface area contributed by atoms with Crippen molar-refractivity contribution in [2.75, 3.05) is 0 Å². The van der Waals surface area contributed by atoms with E-state index in [9.17, 15) is 18.3 Å². The van der Waals surface area contributed by atoms with E-state index in [0.29, 0.717) is 0 Å². The second-order valence-corrected chi connectivity index (χ2v) is 3.98. The quantitative estimate of drug-likeness (QED) is 0.858. The number of aliphatic hydroxyl groups is 1. The Morgan fingerprint density at radius 3 is 2.18 bits per heavy atom. The van der Waals surface area contributed by atoms with Crippen molar-refractivity contribution in [3.05, 3.63) is 35.9 Å². The molecule has 1 aromatic rings. The molecule has 0 aliphatic carbocycles. The van der Waals surface area contributed by atoms with Crippen LogP contribution in [-0.4, -0.2) is 23.4 Å². The molecule has 0 heterocycles. The van der Waals surface area contributed by atoms with Crippen LogP contribution >= 0.6 is 0 Å². The molecular formula is C12H16F3NO. The summed E-state index contributed by atoms with van der Waals surface area (Å²) < 4.78 is 38.9. The molecular weight excluding hydrogens is 231 g/mol. The van der Waals surface area contributed by atoms with Gasteiger partial charge in [-0.05, 0) is 12.0 Å². The molecule has 0 spiro atoms. The minimum atomic E-state index is -4.46. The Balaban J connectivity index is 3.06. The Bertz CT molecular complexity index is 339. The number of hydrogen-bond acceptors (Lipinski definition) is 2. The van der Waals surface area contributed by atoms with Crippen LogP contribution in [0.4, 0.5) is 13.2 Å². The lowest BCUT2D eigenvalue weighted by Crippen LogP contribution is -2.45. The van der Waals surface area contributed by atoms with Crippen molar-refractivity contribution < 1.29 is 18.3 Å². The highest BCUT2D eigenvalue weighted by Crippen LogP contribution is 2.37. The molecule has 3 unspecified atom stereocenters. The topological polar surface area (TPSA) is 46.2 Å². The van der Waals surface area contributed by atoms with Crippen molar-refractivity contribution in [3.63, 3.8) is 0 Å². The molecule has 3 N–H and O–H groups in total. The van der Waals surface area contributed by atoms with Crippen molar-refractivity contribution in [2.45, 2.75) is 37.6 Å². The van der Waals surface area contributed by atoms with E-state index in [1.807, 2.05) is 0 Å². The summed E-state index contributed by atoms with van der Waals surface area (Å²) in [6, 6.07) is 6.10. The Labute approximate surface area is 98.3 Å². The fourth-order valence-corrected chi connectivity index (χ4v) is 1.78. The maximum absolute atomic E-state index is 13.0. The van der Waals surface area contributed by atoms with Crippen molar-refractivity contribution >= 4 is 0 Å². The van der Waals surface area contributed by atoms with E-state index in [1.54, 1.807) is 13.0 Å². The maximum atomic E-state index is 13.0. The van der Waals surface area contributed by atoms with Gasteiger partial charge < -0.3 is 10.8 Å². The highest BCUT2D eigenvalue weighted by Gasteiger charge is 2.46. The van der Waals surface area contributed by atoms with Crippen LogP contribution in [0.15, 0.2) is 30.3 Å². The molecule has 96 valence electrons. The van der Waals surface area contributed by atoms with Crippen LogP contribution in [0.25, 0.3) is 0 Å². The van der Waals surface area contributed by atoms with Gasteiger partial charge in [-0.1, -0.05) is 37.3 Å². The zero-order valence-electron chi connectivity index (χ0n) is 9.48. The van der Waals surface area contributed by atoms with E-state index in [4.69, 9.17) is 5.73 Å². The van der Waals surface area contributed by atoms with Crippen LogP contribution in [0.1, 0.15) is 24.8 Å². The van der Waals surface area contributed by atoms with E-state index < -0.39 is 24.2 Å². The van der Waals surface area contributed by atoms with Crippen LogP contribution in [0.3, 0.4) is 0 Å². The molecule has 0 aliphatic rings. The largest absolute Gasteiger partial charge is 0.397 e.